The summed E-state index contributed by atoms with van der Waals surface area (Å²) < 4.78 is 43.1. The highest BCUT2D eigenvalue weighted by Crippen LogP contribution is 2.27. The van der Waals surface area contributed by atoms with Gasteiger partial charge in [-0.1, -0.05) is 6.07 Å². The Morgan fingerprint density at radius 1 is 1.08 bits per heavy atom. The van der Waals surface area contributed by atoms with E-state index in [1.807, 2.05) is 0 Å². The summed E-state index contributed by atoms with van der Waals surface area (Å²) >= 11 is 0. The molecule has 5 nitrogen and oxygen atoms in total. The van der Waals surface area contributed by atoms with Crippen molar-refractivity contribution in [1.29, 1.82) is 0 Å². The Balaban J connectivity index is 1.98. The molecule has 0 saturated carbocycles. The second-order valence-corrected chi connectivity index (χ2v) is 4.98. The molecule has 1 aromatic carbocycles. The van der Waals surface area contributed by atoms with Crippen molar-refractivity contribution in [3.63, 3.8) is 0 Å². The molecule has 0 saturated heterocycles. The lowest BCUT2D eigenvalue weighted by molar-refractivity contribution is 0.102. The van der Waals surface area contributed by atoms with Gasteiger partial charge in [-0.15, -0.1) is 0 Å². The Kier molecular flexibility index (Phi) is 4.03. The number of hydrogen-bond acceptors (Lipinski definition) is 3. The first-order valence-corrected chi connectivity index (χ1v) is 6.86. The van der Waals surface area contributed by atoms with Gasteiger partial charge < -0.3 is 5.32 Å². The fourth-order valence-electron chi connectivity index (χ4n) is 2.15. The number of carbonyl (C=O) groups is 1. The van der Waals surface area contributed by atoms with Crippen molar-refractivity contribution in [3.05, 3.63) is 65.9 Å². The van der Waals surface area contributed by atoms with Crippen LogP contribution in [-0.2, 0) is 7.05 Å². The Morgan fingerprint density at radius 3 is 2.42 bits per heavy atom. The predicted octanol–water partition coefficient (Wildman–Crippen LogP) is 3.15. The molecule has 0 spiro atoms. The first kappa shape index (κ1) is 15.7. The molecule has 1 N–H and O–H groups in total. The van der Waals surface area contributed by atoms with Crippen LogP contribution in [0, 0.1) is 17.5 Å². The molecule has 0 aliphatic heterocycles. The van der Waals surface area contributed by atoms with Gasteiger partial charge in [0.05, 0.1) is 17.4 Å². The maximum Gasteiger partial charge on any atom is 0.274 e. The molecule has 3 aromatic rings. The average Bonchev–Trinajstić information content (AvgIpc) is 2.93. The molecule has 3 rings (SSSR count). The van der Waals surface area contributed by atoms with Crippen LogP contribution in [0.15, 0.2) is 42.7 Å². The highest BCUT2D eigenvalue weighted by molar-refractivity contribution is 6.03. The van der Waals surface area contributed by atoms with E-state index in [-0.39, 0.29) is 5.69 Å². The zero-order valence-electron chi connectivity index (χ0n) is 12.4. The highest BCUT2D eigenvalue weighted by Gasteiger charge is 2.19. The van der Waals surface area contributed by atoms with E-state index in [4.69, 9.17) is 0 Å². The number of rotatable bonds is 3. The van der Waals surface area contributed by atoms with Crippen molar-refractivity contribution in [2.24, 2.45) is 7.05 Å². The number of nitrogens with one attached hydrogen (secondary N) is 1. The number of nitrogens with zero attached hydrogens (tertiary/aromatic N) is 3. The number of aromatic nitrogens is 3. The Bertz CT molecular complexity index is 903. The van der Waals surface area contributed by atoms with Crippen molar-refractivity contribution in [2.45, 2.75) is 0 Å². The topological polar surface area (TPSA) is 59.8 Å². The molecule has 0 atom stereocenters. The van der Waals surface area contributed by atoms with Crippen molar-refractivity contribution < 1.29 is 18.0 Å². The van der Waals surface area contributed by atoms with E-state index in [2.05, 4.69) is 15.4 Å². The lowest BCUT2D eigenvalue weighted by Gasteiger charge is -2.08. The van der Waals surface area contributed by atoms with Crippen LogP contribution >= 0.6 is 0 Å². The van der Waals surface area contributed by atoms with Crippen molar-refractivity contribution in [3.8, 4) is 11.3 Å². The molecule has 2 aromatic heterocycles. The monoisotopic (exact) mass is 332 g/mol. The van der Waals surface area contributed by atoms with Crippen molar-refractivity contribution in [1.82, 2.24) is 14.8 Å². The summed E-state index contributed by atoms with van der Waals surface area (Å²) in [6.07, 6.45) is 2.97. The Morgan fingerprint density at radius 2 is 1.79 bits per heavy atom. The molecule has 0 unspecified atom stereocenters. The minimum Gasteiger partial charge on any atom is -0.318 e. The summed E-state index contributed by atoms with van der Waals surface area (Å²) in [4.78, 5) is 15.9. The molecule has 0 aliphatic carbocycles. The van der Waals surface area contributed by atoms with Crippen LogP contribution in [0.2, 0.25) is 0 Å². The first-order valence-electron chi connectivity index (χ1n) is 6.86. The number of benzene rings is 1. The van der Waals surface area contributed by atoms with Crippen molar-refractivity contribution >= 4 is 11.6 Å². The normalized spacial score (nSPS) is 10.7. The summed E-state index contributed by atoms with van der Waals surface area (Å²) in [5.74, 6) is -3.52. The van der Waals surface area contributed by atoms with Crippen LogP contribution in [0.4, 0.5) is 18.9 Å². The molecular weight excluding hydrogens is 321 g/mol. The van der Waals surface area contributed by atoms with E-state index in [9.17, 15) is 18.0 Å². The van der Waals surface area contributed by atoms with E-state index >= 15 is 0 Å². The zero-order valence-corrected chi connectivity index (χ0v) is 12.4. The quantitative estimate of drug-likeness (QED) is 0.801. The maximum absolute atomic E-state index is 14.0. The minimum atomic E-state index is -0.966. The van der Waals surface area contributed by atoms with Crippen LogP contribution in [0.3, 0.4) is 0 Å². The largest absolute Gasteiger partial charge is 0.318 e. The predicted molar refractivity (Wildman–Crippen MR) is 80.7 cm³/mol. The molecule has 122 valence electrons. The van der Waals surface area contributed by atoms with E-state index in [1.165, 1.54) is 10.9 Å². The zero-order chi connectivity index (χ0) is 17.3. The third kappa shape index (κ3) is 2.98. The first-order chi connectivity index (χ1) is 11.5. The average molecular weight is 332 g/mol. The summed E-state index contributed by atoms with van der Waals surface area (Å²) in [5, 5.41) is 6.40. The lowest BCUT2D eigenvalue weighted by Crippen LogP contribution is -2.14. The van der Waals surface area contributed by atoms with Gasteiger partial charge in [-0.3, -0.25) is 9.48 Å². The Hall–Kier alpha value is -3.16. The second kappa shape index (κ2) is 6.15. The van der Waals surface area contributed by atoms with Gasteiger partial charge in [-0.25, -0.2) is 18.2 Å². The number of hydrogen-bond donors (Lipinski definition) is 1. The van der Waals surface area contributed by atoms with Crippen LogP contribution in [-0.4, -0.2) is 20.7 Å². The number of pyridine rings is 1. The summed E-state index contributed by atoms with van der Waals surface area (Å²) in [6.45, 7) is 0. The van der Waals surface area contributed by atoms with E-state index in [0.717, 1.165) is 30.3 Å². The van der Waals surface area contributed by atoms with Gasteiger partial charge in [0.1, 0.15) is 28.8 Å². The molecule has 0 aliphatic rings. The number of anilines is 1. The van der Waals surface area contributed by atoms with Gasteiger partial charge in [0.25, 0.3) is 5.91 Å². The number of halogens is 3. The summed E-state index contributed by atoms with van der Waals surface area (Å²) in [7, 11) is 1.67. The highest BCUT2D eigenvalue weighted by atomic mass is 19.1. The van der Waals surface area contributed by atoms with Crippen LogP contribution in [0.1, 0.15) is 10.5 Å². The molecule has 0 bridgehead atoms. The molecule has 0 fully saturated rings. The standard InChI is InChI=1S/C16H11F3N4O/c1-23-8-9(7-20-23)21-16(24)13-6-5-12(19)15(22-13)14-10(17)3-2-4-11(14)18/h2-8H,1H3,(H,21,24). The number of aryl methyl sites for hydroxylation is 1. The van der Waals surface area contributed by atoms with Gasteiger partial charge in [0, 0.05) is 13.2 Å². The maximum atomic E-state index is 14.0. The fraction of sp³-hybridized carbons (Fsp3) is 0.0625. The Labute approximate surface area is 134 Å². The van der Waals surface area contributed by atoms with Crippen molar-refractivity contribution in [2.75, 3.05) is 5.32 Å². The molecule has 0 radical (unpaired) electrons. The van der Waals surface area contributed by atoms with Gasteiger partial charge in [0.15, 0.2) is 0 Å². The second-order valence-electron chi connectivity index (χ2n) is 4.98. The third-order valence-corrected chi connectivity index (χ3v) is 3.24. The molecule has 24 heavy (non-hydrogen) atoms. The number of amides is 1. The van der Waals surface area contributed by atoms with E-state index in [1.54, 1.807) is 13.2 Å². The molecule has 8 heteroatoms. The fourth-order valence-corrected chi connectivity index (χ4v) is 2.15. The molecular formula is C16H11F3N4O. The smallest absolute Gasteiger partial charge is 0.274 e. The van der Waals surface area contributed by atoms with Gasteiger partial charge in [0.2, 0.25) is 0 Å². The van der Waals surface area contributed by atoms with Crippen LogP contribution in [0.25, 0.3) is 11.3 Å². The van der Waals surface area contributed by atoms with E-state index < -0.39 is 34.6 Å². The molecule has 2 heterocycles. The summed E-state index contributed by atoms with van der Waals surface area (Å²) in [6, 6.07) is 5.20. The minimum absolute atomic E-state index is 0.182. The van der Waals surface area contributed by atoms with Gasteiger partial charge >= 0.3 is 0 Å². The van der Waals surface area contributed by atoms with Crippen LogP contribution in [0.5, 0.6) is 0 Å². The summed E-state index contributed by atoms with van der Waals surface area (Å²) in [5.41, 5.74) is -0.958. The van der Waals surface area contributed by atoms with Gasteiger partial charge in [-0.2, -0.15) is 5.10 Å². The third-order valence-electron chi connectivity index (χ3n) is 3.24. The number of carbonyl (C=O) groups excluding carboxylic acids is 1. The van der Waals surface area contributed by atoms with E-state index in [0.29, 0.717) is 5.69 Å². The SMILES string of the molecule is Cn1cc(NC(=O)c2ccc(F)c(-c3c(F)cccc3F)n2)cn1. The van der Waals surface area contributed by atoms with Crippen LogP contribution < -0.4 is 5.32 Å². The molecule has 1 amide bonds. The lowest BCUT2D eigenvalue weighted by atomic mass is 10.1. The van der Waals surface area contributed by atoms with Gasteiger partial charge in [-0.05, 0) is 24.3 Å².